The van der Waals surface area contributed by atoms with E-state index in [2.05, 4.69) is 10.1 Å². The molecule has 1 aliphatic rings. The van der Waals surface area contributed by atoms with Crippen molar-refractivity contribution in [2.24, 2.45) is 0 Å². The van der Waals surface area contributed by atoms with Gasteiger partial charge in [0.1, 0.15) is 0 Å². The van der Waals surface area contributed by atoms with Crippen LogP contribution in [0, 0.1) is 0 Å². The van der Waals surface area contributed by atoms with Gasteiger partial charge < -0.3 is 10.0 Å². The van der Waals surface area contributed by atoms with Gasteiger partial charge in [-0.15, -0.1) is 0 Å². The standard InChI is InChI=1S/C20H20N4O2/c25-16-10-13-23(14-11-16)19(26)9-8-17-20(15-5-2-1-3-6-15)22-18-7-4-12-21-24(17)18/h1-9,12,16,25H,10-11,13-14H2/b9-8+. The molecule has 4 rings (SSSR count). The number of rotatable bonds is 3. The van der Waals surface area contributed by atoms with Crippen molar-refractivity contribution in [3.05, 3.63) is 60.4 Å². The minimum Gasteiger partial charge on any atom is -0.393 e. The zero-order valence-corrected chi connectivity index (χ0v) is 14.3. The summed E-state index contributed by atoms with van der Waals surface area (Å²) in [4.78, 5) is 18.9. The molecular weight excluding hydrogens is 328 g/mol. The third kappa shape index (κ3) is 3.23. The zero-order valence-electron chi connectivity index (χ0n) is 14.3. The maximum absolute atomic E-state index is 12.5. The molecule has 0 atom stereocenters. The molecule has 0 aliphatic carbocycles. The first kappa shape index (κ1) is 16.5. The highest BCUT2D eigenvalue weighted by molar-refractivity contribution is 5.93. The Labute approximate surface area is 151 Å². The van der Waals surface area contributed by atoms with Gasteiger partial charge in [-0.05, 0) is 31.1 Å². The Hall–Kier alpha value is -2.99. The smallest absolute Gasteiger partial charge is 0.246 e. The monoisotopic (exact) mass is 348 g/mol. The fourth-order valence-electron chi connectivity index (χ4n) is 3.21. The molecule has 0 spiro atoms. The van der Waals surface area contributed by atoms with Crippen LogP contribution in [0.3, 0.4) is 0 Å². The summed E-state index contributed by atoms with van der Waals surface area (Å²) >= 11 is 0. The highest BCUT2D eigenvalue weighted by Gasteiger charge is 2.20. The average molecular weight is 348 g/mol. The average Bonchev–Trinajstić information content (AvgIpc) is 3.06. The number of aliphatic hydroxyl groups is 1. The van der Waals surface area contributed by atoms with Gasteiger partial charge in [-0.25, -0.2) is 9.50 Å². The molecule has 6 nitrogen and oxygen atoms in total. The molecule has 3 heterocycles. The summed E-state index contributed by atoms with van der Waals surface area (Å²) in [5, 5.41) is 14.0. The fourth-order valence-corrected chi connectivity index (χ4v) is 3.21. The molecule has 1 fully saturated rings. The molecule has 1 aromatic carbocycles. The van der Waals surface area contributed by atoms with E-state index in [4.69, 9.17) is 0 Å². The molecule has 132 valence electrons. The predicted octanol–water partition coefficient (Wildman–Crippen LogP) is 2.39. The summed E-state index contributed by atoms with van der Waals surface area (Å²) in [7, 11) is 0. The van der Waals surface area contributed by atoms with Gasteiger partial charge in [0.25, 0.3) is 0 Å². The number of likely N-dealkylation sites (tertiary alicyclic amines) is 1. The molecule has 2 aromatic heterocycles. The Morgan fingerprint density at radius 1 is 1.12 bits per heavy atom. The molecule has 1 N–H and O–H groups in total. The molecule has 1 saturated heterocycles. The van der Waals surface area contributed by atoms with Gasteiger partial charge in [0, 0.05) is 30.9 Å². The molecule has 26 heavy (non-hydrogen) atoms. The summed E-state index contributed by atoms with van der Waals surface area (Å²) < 4.78 is 1.74. The maximum Gasteiger partial charge on any atom is 0.246 e. The molecule has 6 heteroatoms. The number of hydrogen-bond acceptors (Lipinski definition) is 4. The lowest BCUT2D eigenvalue weighted by atomic mass is 10.1. The van der Waals surface area contributed by atoms with E-state index in [0.29, 0.717) is 25.9 Å². The van der Waals surface area contributed by atoms with E-state index in [0.717, 1.165) is 22.6 Å². The van der Waals surface area contributed by atoms with Crippen LogP contribution in [0.1, 0.15) is 18.5 Å². The minimum atomic E-state index is -0.296. The van der Waals surface area contributed by atoms with Crippen LogP contribution in [-0.2, 0) is 4.79 Å². The number of hydrogen-bond donors (Lipinski definition) is 1. The Balaban J connectivity index is 1.68. The van der Waals surface area contributed by atoms with E-state index in [-0.39, 0.29) is 12.0 Å². The van der Waals surface area contributed by atoms with Crippen molar-refractivity contribution in [3.63, 3.8) is 0 Å². The van der Waals surface area contributed by atoms with Gasteiger partial charge in [0.2, 0.25) is 5.91 Å². The number of aromatic nitrogens is 3. The van der Waals surface area contributed by atoms with Crippen molar-refractivity contribution in [1.82, 2.24) is 19.5 Å². The van der Waals surface area contributed by atoms with Gasteiger partial charge in [0.15, 0.2) is 5.65 Å². The number of aliphatic hydroxyl groups excluding tert-OH is 1. The predicted molar refractivity (Wildman–Crippen MR) is 99.3 cm³/mol. The van der Waals surface area contributed by atoms with Crippen LogP contribution in [0.25, 0.3) is 23.0 Å². The second-order valence-electron chi connectivity index (χ2n) is 6.40. The Bertz CT molecular complexity index is 941. The molecule has 0 saturated carbocycles. The Kier molecular flexibility index (Phi) is 4.50. The van der Waals surface area contributed by atoms with Crippen LogP contribution >= 0.6 is 0 Å². The highest BCUT2D eigenvalue weighted by Crippen LogP contribution is 2.25. The Morgan fingerprint density at radius 3 is 2.65 bits per heavy atom. The van der Waals surface area contributed by atoms with Gasteiger partial charge in [-0.3, -0.25) is 4.79 Å². The SMILES string of the molecule is O=C(/C=C/c1c(-c2ccccc2)nc2cccnn12)N1CCC(O)CC1. The van der Waals surface area contributed by atoms with E-state index < -0.39 is 0 Å². The van der Waals surface area contributed by atoms with Crippen molar-refractivity contribution in [2.75, 3.05) is 13.1 Å². The lowest BCUT2D eigenvalue weighted by molar-refractivity contribution is -0.127. The van der Waals surface area contributed by atoms with Crippen LogP contribution < -0.4 is 0 Å². The van der Waals surface area contributed by atoms with E-state index >= 15 is 0 Å². The third-order valence-electron chi connectivity index (χ3n) is 4.63. The van der Waals surface area contributed by atoms with Crippen LogP contribution in [-0.4, -0.2) is 49.7 Å². The number of fused-ring (bicyclic) bond motifs is 1. The molecule has 1 amide bonds. The number of amides is 1. The largest absolute Gasteiger partial charge is 0.393 e. The van der Waals surface area contributed by atoms with Crippen LogP contribution in [0.4, 0.5) is 0 Å². The van der Waals surface area contributed by atoms with E-state index in [1.807, 2.05) is 42.5 Å². The number of nitrogens with zero attached hydrogens (tertiary/aromatic N) is 4. The van der Waals surface area contributed by atoms with Crippen LogP contribution in [0.5, 0.6) is 0 Å². The summed E-state index contributed by atoms with van der Waals surface area (Å²) in [6.07, 6.45) is 6.02. The zero-order chi connectivity index (χ0) is 17.9. The summed E-state index contributed by atoms with van der Waals surface area (Å²) in [6, 6.07) is 13.6. The molecule has 0 unspecified atom stereocenters. The van der Waals surface area contributed by atoms with Crippen molar-refractivity contribution >= 4 is 17.6 Å². The van der Waals surface area contributed by atoms with Crippen molar-refractivity contribution in [2.45, 2.75) is 18.9 Å². The first-order valence-electron chi connectivity index (χ1n) is 8.76. The number of benzene rings is 1. The number of carbonyl (C=O) groups excluding carboxylic acids is 1. The Morgan fingerprint density at radius 2 is 1.88 bits per heavy atom. The third-order valence-corrected chi connectivity index (χ3v) is 4.63. The summed E-state index contributed by atoms with van der Waals surface area (Å²) in [5.74, 6) is -0.0539. The van der Waals surface area contributed by atoms with Gasteiger partial charge >= 0.3 is 0 Å². The molecule has 0 radical (unpaired) electrons. The lowest BCUT2D eigenvalue weighted by Gasteiger charge is -2.28. The number of imidazole rings is 1. The van der Waals surface area contributed by atoms with Gasteiger partial charge in [-0.1, -0.05) is 30.3 Å². The van der Waals surface area contributed by atoms with Crippen molar-refractivity contribution in [3.8, 4) is 11.3 Å². The van der Waals surface area contributed by atoms with Crippen molar-refractivity contribution < 1.29 is 9.90 Å². The lowest BCUT2D eigenvalue weighted by Crippen LogP contribution is -2.39. The van der Waals surface area contributed by atoms with Crippen LogP contribution in [0.15, 0.2) is 54.7 Å². The fraction of sp³-hybridized carbons (Fsp3) is 0.250. The normalized spacial score (nSPS) is 15.8. The van der Waals surface area contributed by atoms with E-state index in [9.17, 15) is 9.90 Å². The van der Waals surface area contributed by atoms with E-state index in [1.54, 1.807) is 27.8 Å². The minimum absolute atomic E-state index is 0.0539. The second kappa shape index (κ2) is 7.09. The van der Waals surface area contributed by atoms with Crippen LogP contribution in [0.2, 0.25) is 0 Å². The molecule has 1 aliphatic heterocycles. The maximum atomic E-state index is 12.5. The van der Waals surface area contributed by atoms with Gasteiger partial charge in [0.05, 0.1) is 17.5 Å². The number of carbonyl (C=O) groups is 1. The summed E-state index contributed by atoms with van der Waals surface area (Å²) in [5.41, 5.74) is 3.28. The molecule has 0 bridgehead atoms. The van der Waals surface area contributed by atoms with Crippen molar-refractivity contribution in [1.29, 1.82) is 0 Å². The van der Waals surface area contributed by atoms with Gasteiger partial charge in [-0.2, -0.15) is 5.10 Å². The first-order chi connectivity index (χ1) is 12.7. The first-order valence-corrected chi connectivity index (χ1v) is 8.76. The number of piperidine rings is 1. The van der Waals surface area contributed by atoms with E-state index in [1.165, 1.54) is 0 Å². The second-order valence-corrected chi connectivity index (χ2v) is 6.40. The summed E-state index contributed by atoms with van der Waals surface area (Å²) in [6.45, 7) is 1.17. The quantitative estimate of drug-likeness (QED) is 0.738. The molecule has 3 aromatic rings. The molecular formula is C20H20N4O2. The highest BCUT2D eigenvalue weighted by atomic mass is 16.3. The topological polar surface area (TPSA) is 70.7 Å².